The topological polar surface area (TPSA) is 42.0 Å². The van der Waals surface area contributed by atoms with Gasteiger partial charge in [-0.3, -0.25) is 9.19 Å². The van der Waals surface area contributed by atoms with E-state index in [1.54, 1.807) is 6.26 Å². The van der Waals surface area contributed by atoms with Gasteiger partial charge in [-0.1, -0.05) is 24.3 Å². The van der Waals surface area contributed by atoms with Gasteiger partial charge in [-0.2, -0.15) is 0 Å². The molecule has 2 rings (SSSR count). The predicted octanol–water partition coefficient (Wildman–Crippen LogP) is 1.70. The van der Waals surface area contributed by atoms with Gasteiger partial charge in [-0.15, -0.1) is 0 Å². The van der Waals surface area contributed by atoms with Crippen LogP contribution in [0.5, 0.6) is 0 Å². The molecule has 0 aliphatic heterocycles. The number of nitrogens with one attached hydrogen (secondary N) is 1. The molecule has 0 amide bonds. The SMILES string of the molecule is CS(=O)CCNCc1ccc2ccccc2n1. The molecule has 0 saturated carbocycles. The zero-order chi connectivity index (χ0) is 12.1. The summed E-state index contributed by atoms with van der Waals surface area (Å²) in [5, 5.41) is 4.40. The second-order valence-electron chi connectivity index (χ2n) is 3.95. The van der Waals surface area contributed by atoms with Crippen LogP contribution in [0.2, 0.25) is 0 Å². The molecule has 90 valence electrons. The van der Waals surface area contributed by atoms with E-state index in [0.717, 1.165) is 29.7 Å². The van der Waals surface area contributed by atoms with E-state index in [9.17, 15) is 4.21 Å². The maximum absolute atomic E-state index is 10.9. The van der Waals surface area contributed by atoms with Crippen LogP contribution in [0.4, 0.5) is 0 Å². The molecule has 4 heteroatoms. The molecule has 3 nitrogen and oxygen atoms in total. The summed E-state index contributed by atoms with van der Waals surface area (Å²) in [7, 11) is -0.729. The zero-order valence-electron chi connectivity index (χ0n) is 9.85. The number of hydrogen-bond acceptors (Lipinski definition) is 3. The summed E-state index contributed by atoms with van der Waals surface area (Å²) < 4.78 is 10.9. The van der Waals surface area contributed by atoms with Crippen LogP contribution in [0.1, 0.15) is 5.69 Å². The molecule has 0 bridgehead atoms. The first-order chi connectivity index (χ1) is 8.25. The first-order valence-corrected chi connectivity index (χ1v) is 7.34. The van der Waals surface area contributed by atoms with E-state index in [1.807, 2.05) is 24.3 Å². The number of pyridine rings is 1. The Morgan fingerprint density at radius 1 is 1.24 bits per heavy atom. The molecule has 2 aromatic rings. The van der Waals surface area contributed by atoms with E-state index in [2.05, 4.69) is 22.4 Å². The molecular weight excluding hydrogens is 232 g/mol. The van der Waals surface area contributed by atoms with Gasteiger partial charge < -0.3 is 5.32 Å². The molecule has 0 spiro atoms. The Morgan fingerprint density at radius 2 is 2.06 bits per heavy atom. The number of para-hydroxylation sites is 1. The van der Waals surface area contributed by atoms with Crippen molar-refractivity contribution in [3.8, 4) is 0 Å². The van der Waals surface area contributed by atoms with Crippen LogP contribution in [0.15, 0.2) is 36.4 Å². The van der Waals surface area contributed by atoms with Gasteiger partial charge >= 0.3 is 0 Å². The van der Waals surface area contributed by atoms with Crippen molar-refractivity contribution in [1.29, 1.82) is 0 Å². The number of benzene rings is 1. The highest BCUT2D eigenvalue weighted by atomic mass is 32.2. The van der Waals surface area contributed by atoms with Crippen molar-refractivity contribution in [3.05, 3.63) is 42.1 Å². The second-order valence-corrected chi connectivity index (χ2v) is 5.50. The summed E-state index contributed by atoms with van der Waals surface area (Å²) in [5.41, 5.74) is 2.04. The van der Waals surface area contributed by atoms with E-state index >= 15 is 0 Å². The largest absolute Gasteiger partial charge is 0.310 e. The van der Waals surface area contributed by atoms with Gasteiger partial charge in [0, 0.05) is 41.3 Å². The van der Waals surface area contributed by atoms with E-state index in [4.69, 9.17) is 0 Å². The summed E-state index contributed by atoms with van der Waals surface area (Å²) in [4.78, 5) is 4.55. The Morgan fingerprint density at radius 3 is 2.88 bits per heavy atom. The highest BCUT2D eigenvalue weighted by Gasteiger charge is 1.98. The maximum atomic E-state index is 10.9. The van der Waals surface area contributed by atoms with E-state index in [-0.39, 0.29) is 0 Å². The van der Waals surface area contributed by atoms with Gasteiger partial charge in [-0.05, 0) is 12.1 Å². The lowest BCUT2D eigenvalue weighted by atomic mass is 10.2. The lowest BCUT2D eigenvalue weighted by Crippen LogP contribution is -2.20. The van der Waals surface area contributed by atoms with Gasteiger partial charge in [-0.25, -0.2) is 0 Å². The third kappa shape index (κ3) is 3.61. The second kappa shape index (κ2) is 5.89. The number of hydrogen-bond donors (Lipinski definition) is 1. The van der Waals surface area contributed by atoms with Crippen LogP contribution in [0.3, 0.4) is 0 Å². The smallest absolute Gasteiger partial charge is 0.0705 e. The van der Waals surface area contributed by atoms with Gasteiger partial charge in [0.25, 0.3) is 0 Å². The number of nitrogens with zero attached hydrogens (tertiary/aromatic N) is 1. The fourth-order valence-electron chi connectivity index (χ4n) is 1.64. The lowest BCUT2D eigenvalue weighted by molar-refractivity contribution is 0.674. The van der Waals surface area contributed by atoms with Crippen molar-refractivity contribution >= 4 is 21.7 Å². The molecule has 1 N–H and O–H groups in total. The molecular formula is C13H16N2OS. The van der Waals surface area contributed by atoms with Crippen LogP contribution in [0.25, 0.3) is 10.9 Å². The van der Waals surface area contributed by atoms with E-state index in [0.29, 0.717) is 5.75 Å². The quantitative estimate of drug-likeness (QED) is 0.819. The Kier molecular flexibility index (Phi) is 4.23. The Balaban J connectivity index is 1.97. The van der Waals surface area contributed by atoms with Gasteiger partial charge in [0.15, 0.2) is 0 Å². The third-order valence-corrected chi connectivity index (χ3v) is 3.31. The zero-order valence-corrected chi connectivity index (χ0v) is 10.7. The fourth-order valence-corrected chi connectivity index (χ4v) is 2.07. The Hall–Kier alpha value is -1.26. The molecule has 0 aliphatic carbocycles. The van der Waals surface area contributed by atoms with Crippen molar-refractivity contribution in [1.82, 2.24) is 10.3 Å². The Labute approximate surface area is 104 Å². The van der Waals surface area contributed by atoms with Crippen molar-refractivity contribution in [2.75, 3.05) is 18.6 Å². The molecule has 0 fully saturated rings. The molecule has 1 heterocycles. The molecule has 1 unspecified atom stereocenters. The molecule has 1 aromatic heterocycles. The average Bonchev–Trinajstić information content (AvgIpc) is 2.34. The van der Waals surface area contributed by atoms with E-state index in [1.165, 1.54) is 0 Å². The van der Waals surface area contributed by atoms with Crippen molar-refractivity contribution in [3.63, 3.8) is 0 Å². The molecule has 0 aliphatic rings. The minimum absolute atomic E-state index is 0.688. The predicted molar refractivity (Wildman–Crippen MR) is 72.4 cm³/mol. The molecule has 1 atom stereocenters. The number of aromatic nitrogens is 1. The monoisotopic (exact) mass is 248 g/mol. The van der Waals surface area contributed by atoms with Crippen molar-refractivity contribution < 1.29 is 4.21 Å². The van der Waals surface area contributed by atoms with Crippen LogP contribution in [-0.2, 0) is 17.3 Å². The van der Waals surface area contributed by atoms with Crippen LogP contribution < -0.4 is 5.32 Å². The standard InChI is InChI=1S/C13H16N2OS/c1-17(16)9-8-14-10-12-7-6-11-4-2-3-5-13(11)15-12/h2-7,14H,8-10H2,1H3. The normalized spacial score (nSPS) is 12.8. The summed E-state index contributed by atoms with van der Waals surface area (Å²) in [6.07, 6.45) is 1.72. The molecule has 0 radical (unpaired) electrons. The molecule has 0 saturated heterocycles. The van der Waals surface area contributed by atoms with Gasteiger partial charge in [0.1, 0.15) is 0 Å². The summed E-state index contributed by atoms with van der Waals surface area (Å²) in [5.74, 6) is 0.688. The minimum Gasteiger partial charge on any atom is -0.310 e. The van der Waals surface area contributed by atoms with Crippen molar-refractivity contribution in [2.45, 2.75) is 6.54 Å². The lowest BCUT2D eigenvalue weighted by Gasteiger charge is -2.04. The van der Waals surface area contributed by atoms with Crippen molar-refractivity contribution in [2.24, 2.45) is 0 Å². The van der Waals surface area contributed by atoms with Crippen LogP contribution >= 0.6 is 0 Å². The van der Waals surface area contributed by atoms with Crippen LogP contribution in [0, 0.1) is 0 Å². The minimum atomic E-state index is -0.729. The number of fused-ring (bicyclic) bond motifs is 1. The highest BCUT2D eigenvalue weighted by Crippen LogP contribution is 2.11. The Bertz CT molecular complexity index is 528. The van der Waals surface area contributed by atoms with E-state index < -0.39 is 10.8 Å². The summed E-state index contributed by atoms with van der Waals surface area (Å²) in [6.45, 7) is 1.49. The third-order valence-electron chi connectivity index (χ3n) is 2.53. The molecule has 17 heavy (non-hydrogen) atoms. The average molecular weight is 248 g/mol. The number of rotatable bonds is 5. The van der Waals surface area contributed by atoms with Gasteiger partial charge in [0.2, 0.25) is 0 Å². The summed E-state index contributed by atoms with van der Waals surface area (Å²) >= 11 is 0. The first-order valence-electron chi connectivity index (χ1n) is 5.61. The van der Waals surface area contributed by atoms with Gasteiger partial charge in [0.05, 0.1) is 11.2 Å². The molecule has 1 aromatic carbocycles. The fraction of sp³-hybridized carbons (Fsp3) is 0.308. The first kappa shape index (κ1) is 12.2. The highest BCUT2D eigenvalue weighted by molar-refractivity contribution is 7.84. The summed E-state index contributed by atoms with van der Waals surface area (Å²) in [6, 6.07) is 12.2. The maximum Gasteiger partial charge on any atom is 0.0705 e. The van der Waals surface area contributed by atoms with Crippen LogP contribution in [-0.4, -0.2) is 27.7 Å².